The van der Waals surface area contributed by atoms with Gasteiger partial charge in [0.1, 0.15) is 0 Å². The van der Waals surface area contributed by atoms with Crippen molar-refractivity contribution in [2.75, 3.05) is 20.7 Å². The number of methoxy groups -OCH3 is 1. The first kappa shape index (κ1) is 12.4. The number of pyridine rings is 1. The molecule has 86 valence electrons. The third-order valence-corrected chi connectivity index (χ3v) is 2.11. The monoisotopic (exact) mass is 220 g/mol. The average molecular weight is 220 g/mol. The zero-order chi connectivity index (χ0) is 12.0. The van der Waals surface area contributed by atoms with Gasteiger partial charge in [0.25, 0.3) is 0 Å². The Morgan fingerprint density at radius 3 is 2.94 bits per heavy atom. The summed E-state index contributed by atoms with van der Waals surface area (Å²) < 4.78 is 4.63. The number of hydrogen-bond donors (Lipinski definition) is 1. The standard InChI is InChI=1S/C12H16N2O2/c1-9-7-10(5-4-6-13-2)8-14-11(9)12(15)16-3/h4-5,7-8,13H,6H2,1-3H3. The predicted molar refractivity (Wildman–Crippen MR) is 63.3 cm³/mol. The lowest BCUT2D eigenvalue weighted by Gasteiger charge is -2.03. The highest BCUT2D eigenvalue weighted by Crippen LogP contribution is 2.10. The molecule has 0 radical (unpaired) electrons. The Labute approximate surface area is 95.3 Å². The molecule has 0 saturated carbocycles. The summed E-state index contributed by atoms with van der Waals surface area (Å²) in [5.41, 5.74) is 2.16. The zero-order valence-corrected chi connectivity index (χ0v) is 9.78. The second-order valence-corrected chi connectivity index (χ2v) is 3.39. The first-order chi connectivity index (χ1) is 7.69. The summed E-state index contributed by atoms with van der Waals surface area (Å²) >= 11 is 0. The minimum atomic E-state index is -0.400. The number of aryl methyl sites for hydroxylation is 1. The fourth-order valence-corrected chi connectivity index (χ4v) is 1.31. The number of carbonyl (C=O) groups excluding carboxylic acids is 1. The molecule has 0 unspecified atom stereocenters. The van der Waals surface area contributed by atoms with Crippen LogP contribution in [0.1, 0.15) is 21.6 Å². The van der Waals surface area contributed by atoms with Crippen molar-refractivity contribution in [1.82, 2.24) is 10.3 Å². The van der Waals surface area contributed by atoms with Crippen molar-refractivity contribution < 1.29 is 9.53 Å². The van der Waals surface area contributed by atoms with Gasteiger partial charge >= 0.3 is 5.97 Å². The summed E-state index contributed by atoms with van der Waals surface area (Å²) in [4.78, 5) is 15.4. The van der Waals surface area contributed by atoms with E-state index in [1.807, 2.05) is 32.2 Å². The molecule has 0 atom stereocenters. The van der Waals surface area contributed by atoms with Crippen LogP contribution in [0, 0.1) is 6.92 Å². The molecule has 16 heavy (non-hydrogen) atoms. The highest BCUT2D eigenvalue weighted by molar-refractivity contribution is 5.88. The van der Waals surface area contributed by atoms with Crippen LogP contribution >= 0.6 is 0 Å². The number of hydrogen-bond acceptors (Lipinski definition) is 4. The maximum atomic E-state index is 11.3. The molecule has 0 spiro atoms. The molecular weight excluding hydrogens is 204 g/mol. The maximum absolute atomic E-state index is 11.3. The Bertz CT molecular complexity index is 400. The van der Waals surface area contributed by atoms with E-state index >= 15 is 0 Å². The Balaban J connectivity index is 2.86. The van der Waals surface area contributed by atoms with Crippen LogP contribution in [0.25, 0.3) is 6.08 Å². The fraction of sp³-hybridized carbons (Fsp3) is 0.333. The SMILES string of the molecule is CNCC=Cc1cnc(C(=O)OC)c(C)c1. The van der Waals surface area contributed by atoms with E-state index in [9.17, 15) is 4.79 Å². The highest BCUT2D eigenvalue weighted by atomic mass is 16.5. The second-order valence-electron chi connectivity index (χ2n) is 3.39. The van der Waals surface area contributed by atoms with Crippen LogP contribution in [0.2, 0.25) is 0 Å². The van der Waals surface area contributed by atoms with Crippen molar-refractivity contribution in [3.63, 3.8) is 0 Å². The normalized spacial score (nSPS) is 10.7. The van der Waals surface area contributed by atoms with E-state index in [0.717, 1.165) is 17.7 Å². The number of ether oxygens (including phenoxy) is 1. The minimum Gasteiger partial charge on any atom is -0.464 e. The smallest absolute Gasteiger partial charge is 0.356 e. The summed E-state index contributed by atoms with van der Waals surface area (Å²) in [7, 11) is 3.23. The van der Waals surface area contributed by atoms with Crippen LogP contribution in [-0.4, -0.2) is 31.7 Å². The second kappa shape index (κ2) is 6.02. The van der Waals surface area contributed by atoms with E-state index in [2.05, 4.69) is 15.0 Å². The molecule has 0 fully saturated rings. The minimum absolute atomic E-state index is 0.369. The van der Waals surface area contributed by atoms with Gasteiger partial charge in [-0.1, -0.05) is 12.2 Å². The fourth-order valence-electron chi connectivity index (χ4n) is 1.31. The molecule has 1 aromatic heterocycles. The summed E-state index contributed by atoms with van der Waals surface area (Å²) in [6.07, 6.45) is 5.61. The lowest BCUT2D eigenvalue weighted by molar-refractivity contribution is 0.0593. The van der Waals surface area contributed by atoms with Gasteiger partial charge in [-0.2, -0.15) is 0 Å². The van der Waals surface area contributed by atoms with Crippen LogP contribution in [0.3, 0.4) is 0 Å². The van der Waals surface area contributed by atoms with Crippen molar-refractivity contribution in [3.05, 3.63) is 35.2 Å². The molecule has 0 bridgehead atoms. The van der Waals surface area contributed by atoms with Crippen LogP contribution in [-0.2, 0) is 4.74 Å². The molecule has 0 aliphatic rings. The molecule has 0 aliphatic carbocycles. The van der Waals surface area contributed by atoms with E-state index in [0.29, 0.717) is 5.69 Å². The van der Waals surface area contributed by atoms with Crippen molar-refractivity contribution >= 4 is 12.0 Å². The largest absolute Gasteiger partial charge is 0.464 e. The van der Waals surface area contributed by atoms with E-state index in [1.54, 1.807) is 6.20 Å². The molecule has 1 N–H and O–H groups in total. The molecule has 0 saturated heterocycles. The van der Waals surface area contributed by atoms with Gasteiger partial charge in [0, 0.05) is 12.7 Å². The van der Waals surface area contributed by atoms with E-state index in [-0.39, 0.29) is 0 Å². The number of carbonyl (C=O) groups is 1. The van der Waals surface area contributed by atoms with Gasteiger partial charge in [-0.3, -0.25) is 0 Å². The van der Waals surface area contributed by atoms with Crippen molar-refractivity contribution in [1.29, 1.82) is 0 Å². The summed E-state index contributed by atoms with van der Waals surface area (Å²) in [5.74, 6) is -0.400. The number of nitrogens with zero attached hydrogens (tertiary/aromatic N) is 1. The molecule has 1 rings (SSSR count). The number of rotatable bonds is 4. The van der Waals surface area contributed by atoms with Gasteiger partial charge in [-0.15, -0.1) is 0 Å². The van der Waals surface area contributed by atoms with Crippen LogP contribution < -0.4 is 5.32 Å². The van der Waals surface area contributed by atoms with Gasteiger partial charge in [-0.05, 0) is 31.2 Å². The zero-order valence-electron chi connectivity index (χ0n) is 9.78. The van der Waals surface area contributed by atoms with Crippen molar-refractivity contribution in [2.45, 2.75) is 6.92 Å². The average Bonchev–Trinajstić information content (AvgIpc) is 2.29. The topological polar surface area (TPSA) is 51.2 Å². The number of aromatic nitrogens is 1. The molecule has 0 amide bonds. The molecule has 4 nitrogen and oxygen atoms in total. The van der Waals surface area contributed by atoms with Gasteiger partial charge in [-0.25, -0.2) is 9.78 Å². The molecule has 1 aromatic rings. The molecule has 0 aromatic carbocycles. The summed E-state index contributed by atoms with van der Waals surface area (Å²) in [6.45, 7) is 2.65. The lowest BCUT2D eigenvalue weighted by atomic mass is 10.1. The summed E-state index contributed by atoms with van der Waals surface area (Å²) in [6, 6.07) is 1.91. The van der Waals surface area contributed by atoms with Crippen LogP contribution in [0.5, 0.6) is 0 Å². The quantitative estimate of drug-likeness (QED) is 0.779. The first-order valence-electron chi connectivity index (χ1n) is 5.05. The third kappa shape index (κ3) is 3.17. The molecule has 4 heteroatoms. The van der Waals surface area contributed by atoms with E-state index in [4.69, 9.17) is 0 Å². The molecule has 1 heterocycles. The summed E-state index contributed by atoms with van der Waals surface area (Å²) in [5, 5.41) is 3.01. The number of esters is 1. The maximum Gasteiger partial charge on any atom is 0.356 e. The Morgan fingerprint density at radius 1 is 1.62 bits per heavy atom. The van der Waals surface area contributed by atoms with Crippen molar-refractivity contribution in [3.8, 4) is 0 Å². The van der Waals surface area contributed by atoms with Crippen LogP contribution in [0.4, 0.5) is 0 Å². The number of nitrogens with one attached hydrogen (secondary N) is 1. The van der Waals surface area contributed by atoms with Crippen molar-refractivity contribution in [2.24, 2.45) is 0 Å². The molecule has 0 aliphatic heterocycles. The Morgan fingerprint density at radius 2 is 2.38 bits per heavy atom. The number of likely N-dealkylation sites (N-methyl/N-ethyl adjacent to an activating group) is 1. The van der Waals surface area contributed by atoms with Gasteiger partial charge in [0.15, 0.2) is 5.69 Å². The lowest BCUT2D eigenvalue weighted by Crippen LogP contribution is -2.07. The van der Waals surface area contributed by atoms with Gasteiger partial charge in [0.05, 0.1) is 7.11 Å². The first-order valence-corrected chi connectivity index (χ1v) is 5.05. The third-order valence-electron chi connectivity index (χ3n) is 2.11. The van der Waals surface area contributed by atoms with Gasteiger partial charge < -0.3 is 10.1 Å². The highest BCUT2D eigenvalue weighted by Gasteiger charge is 2.10. The Hall–Kier alpha value is -1.68. The van der Waals surface area contributed by atoms with Gasteiger partial charge in [0.2, 0.25) is 0 Å². The van der Waals surface area contributed by atoms with Crippen LogP contribution in [0.15, 0.2) is 18.3 Å². The van der Waals surface area contributed by atoms with E-state index in [1.165, 1.54) is 7.11 Å². The Kier molecular flexibility index (Phi) is 4.66. The molecular formula is C12H16N2O2. The van der Waals surface area contributed by atoms with E-state index < -0.39 is 5.97 Å². The predicted octanol–water partition coefficient (Wildman–Crippen LogP) is 1.41.